The average Bonchev–Trinajstić information content (AvgIpc) is 3.35. The smallest absolute Gasteiger partial charge is 0.744 e. The first-order chi connectivity index (χ1) is 37.0. The molecule has 84 heavy (non-hydrogen) atoms. The van der Waals surface area contributed by atoms with Crippen LogP contribution in [0.1, 0.15) is 10.4 Å². The first-order valence-corrected chi connectivity index (χ1v) is 38.3. The van der Waals surface area contributed by atoms with Crippen LogP contribution in [0.25, 0.3) is 0 Å². The standard InChI is InChI=1S/C38H35ClN12O19S6.CH4I2.4Na.W/c39-36-45-37(43-23-7-12-27(13-8-23)73(56,57)18-16-68-76(64,65)66)47-38(46-36)44-25-9-14-30(74(58,59)60)28(19-25)49-50-29-20-31(75(61,62)63)33(41)34(32(29)40)51-48-24-3-1-21(2-4-24)35(52)42-22-5-10-26(11-6-22)72(54,55)17-15-67-71-70-69-53;1-3-2;;;;;/h1-14,19-20,53H,15-18,40-41H2,(H,42,52)(H,58,59,60)(H,61,62,63)(H,64,65,66)(H2,43,44,45,46,47);3H,1H3;;;;;/q;;4*+1;/p-4. The number of nitrogens with two attached hydrogens (primary N) is 2. The minimum Gasteiger partial charge on any atom is -0.744 e. The van der Waals surface area contributed by atoms with Gasteiger partial charge >= 0.3 is 159 Å². The Hall–Kier alpha value is -0.802. The SMILES string of the molecule is C[IH]I.Nc1c(N=Nc2cc(Nc3nc(Cl)nc(Nc4ccc(S(=O)(=O)CCOS(=O)(=O)[O-])cc4)n3)ccc2S(=O)(=O)[O-])cc(S(=O)(=O)[O-])c(N)c1N=Nc1ccc(C(=O)Nc2ccc(S(=O)(=O)CCOSOO[O-])cc2)cc1.[Na+].[Na+].[Na+].[Na+].[W]. The van der Waals surface area contributed by atoms with E-state index in [9.17, 15) is 65.8 Å². The second-order valence-corrected chi connectivity index (χ2v) is 30.3. The average molecular weight is 1730 g/mol. The molecule has 0 saturated carbocycles. The van der Waals surface area contributed by atoms with Crippen LogP contribution in [0.3, 0.4) is 0 Å². The van der Waals surface area contributed by atoms with E-state index in [-0.39, 0.29) is 208 Å². The van der Waals surface area contributed by atoms with Crippen LogP contribution < -0.4 is 151 Å². The Bertz CT molecular complexity index is 3860. The van der Waals surface area contributed by atoms with E-state index >= 15 is 0 Å². The predicted molar refractivity (Wildman–Crippen MR) is 295 cm³/mol. The van der Waals surface area contributed by atoms with Crippen LogP contribution in [0.2, 0.25) is 5.28 Å². The van der Waals surface area contributed by atoms with Crippen molar-refractivity contribution < 1.29 is 223 Å². The fourth-order valence-corrected chi connectivity index (χ4v) is 10.2. The number of hydrogen-bond donors (Lipinski definition) is 5. The molecule has 0 aliphatic rings. The number of nitrogens with zero attached hydrogens (tertiary/aromatic N) is 7. The molecule has 0 radical (unpaired) electrons. The quantitative estimate of drug-likeness (QED) is 0.00321. The summed E-state index contributed by atoms with van der Waals surface area (Å²) in [5.41, 5.74) is 9.49. The number of nitrogens with one attached hydrogen (secondary N) is 3. The van der Waals surface area contributed by atoms with Crippen molar-refractivity contribution in [2.45, 2.75) is 19.6 Å². The van der Waals surface area contributed by atoms with Gasteiger partial charge in [0.1, 0.15) is 37.3 Å². The van der Waals surface area contributed by atoms with Gasteiger partial charge in [-0.15, -0.1) is 19.7 Å². The summed E-state index contributed by atoms with van der Waals surface area (Å²) in [5, 5.41) is 35.9. The number of halogens is 3. The number of benzene rings is 5. The van der Waals surface area contributed by atoms with Crippen molar-refractivity contribution in [1.82, 2.24) is 15.0 Å². The van der Waals surface area contributed by atoms with Gasteiger partial charge in [-0.1, -0.05) is 0 Å². The van der Waals surface area contributed by atoms with Gasteiger partial charge in [0.15, 0.2) is 32.0 Å². The molecule has 0 atom stereocenters. The molecule has 6 rings (SSSR count). The van der Waals surface area contributed by atoms with Gasteiger partial charge in [0.25, 0.3) is 5.91 Å². The minimum absolute atomic E-state index is 0. The maximum atomic E-state index is 13.0. The molecule has 1 aromatic heterocycles. The Morgan fingerprint density at radius 1 is 0.655 bits per heavy atom. The van der Waals surface area contributed by atoms with Crippen molar-refractivity contribution in [2.24, 2.45) is 20.5 Å². The fourth-order valence-electron chi connectivity index (χ4n) is 5.94. The molecule has 7 N–H and O–H groups in total. The number of aromatic nitrogens is 3. The summed E-state index contributed by atoms with van der Waals surface area (Å²) >= 11 is 9.11. The van der Waals surface area contributed by atoms with E-state index in [4.69, 9.17) is 27.3 Å². The maximum Gasteiger partial charge on any atom is 1.00 e. The third-order valence-electron chi connectivity index (χ3n) is 9.40. The number of carbonyl (C=O) groups is 1. The first kappa shape index (κ1) is 83.2. The normalized spacial score (nSPS) is 11.6. The number of rotatable bonds is 24. The van der Waals surface area contributed by atoms with E-state index in [0.29, 0.717) is 23.3 Å². The molecule has 31 nitrogen and oxygen atoms in total. The van der Waals surface area contributed by atoms with Crippen LogP contribution in [0.5, 0.6) is 0 Å². The van der Waals surface area contributed by atoms with Crippen LogP contribution in [-0.4, -0.2) is 106 Å². The molecular formula is C39H35ClI2N12Na4O19S6W. The largest absolute Gasteiger partial charge is 1.00 e. The summed E-state index contributed by atoms with van der Waals surface area (Å²) < 4.78 is 169. The molecule has 0 bridgehead atoms. The molecule has 0 spiro atoms. The summed E-state index contributed by atoms with van der Waals surface area (Å²) in [5.74, 6) is -2.45. The second kappa shape index (κ2) is 38.1. The molecule has 0 saturated heterocycles. The molecule has 432 valence electrons. The van der Waals surface area contributed by atoms with Crippen molar-refractivity contribution in [2.75, 3.05) is 57.1 Å². The van der Waals surface area contributed by atoms with Gasteiger partial charge in [0.05, 0.1) is 61.4 Å². The number of amides is 1. The Morgan fingerprint density at radius 2 is 1.14 bits per heavy atom. The summed E-state index contributed by atoms with van der Waals surface area (Å²) in [6.07, 6.45) is 0. The van der Waals surface area contributed by atoms with Crippen LogP contribution >= 0.6 is 59.8 Å². The van der Waals surface area contributed by atoms with E-state index < -0.39 is 118 Å². The van der Waals surface area contributed by atoms with Gasteiger partial charge in [-0.25, -0.2) is 42.1 Å². The monoisotopic (exact) mass is 1730 g/mol. The molecule has 0 unspecified atom stereocenters. The number of hydrogen-bond acceptors (Lipinski definition) is 31. The summed E-state index contributed by atoms with van der Waals surface area (Å²) in [6.45, 7) is -1.25. The Kier molecular flexibility index (Phi) is 37.8. The molecule has 45 heteroatoms. The summed E-state index contributed by atoms with van der Waals surface area (Å²) in [6, 6.07) is 18.7. The van der Waals surface area contributed by atoms with E-state index in [2.05, 4.69) is 88.5 Å². The topological polar surface area (TPSA) is 493 Å². The molecule has 6 aromatic rings. The van der Waals surface area contributed by atoms with Crippen molar-refractivity contribution in [3.8, 4) is 0 Å². The van der Waals surface area contributed by atoms with Gasteiger partial charge < -0.3 is 46.3 Å². The Labute approximate surface area is 612 Å². The number of sulfone groups is 2. The summed E-state index contributed by atoms with van der Waals surface area (Å²) in [7, 11) is -23.7. The predicted octanol–water partition coefficient (Wildman–Crippen LogP) is -6.42. The third-order valence-corrected chi connectivity index (χ3v) is 15.5. The van der Waals surface area contributed by atoms with Crippen LogP contribution in [0.4, 0.5) is 63.1 Å². The van der Waals surface area contributed by atoms with Crippen molar-refractivity contribution in [3.05, 3.63) is 108 Å². The van der Waals surface area contributed by atoms with Crippen molar-refractivity contribution in [1.29, 1.82) is 0 Å². The molecule has 1 heterocycles. The zero-order valence-corrected chi connectivity index (χ0v) is 64.7. The number of nitrogen functional groups attached to an aromatic ring is 2. The number of alkyl halides is 1. The molecule has 0 aliphatic carbocycles. The Morgan fingerprint density at radius 3 is 1.65 bits per heavy atom. The molecule has 0 fully saturated rings. The van der Waals surface area contributed by atoms with Crippen LogP contribution in [-0.2, 0) is 89.1 Å². The van der Waals surface area contributed by atoms with Gasteiger partial charge in [-0.3, -0.25) is 18.2 Å². The number of azo groups is 2. The van der Waals surface area contributed by atoms with Gasteiger partial charge in [-0.2, -0.15) is 20.1 Å². The van der Waals surface area contributed by atoms with Gasteiger partial charge in [-0.05, 0) is 109 Å². The summed E-state index contributed by atoms with van der Waals surface area (Å²) in [4.78, 5) is 24.8. The molecule has 1 amide bonds. The first-order valence-electron chi connectivity index (χ1n) is 20.7. The van der Waals surface area contributed by atoms with E-state index in [1.165, 1.54) is 60.7 Å². The maximum absolute atomic E-state index is 13.0. The zero-order valence-electron chi connectivity index (χ0n) is 43.6. The number of carbonyl (C=O) groups excluding carboxylic acids is 1. The van der Waals surface area contributed by atoms with Crippen LogP contribution in [0.15, 0.2) is 137 Å². The third kappa shape index (κ3) is 26.6. The zero-order chi connectivity index (χ0) is 58.3. The number of anilines is 7. The fraction of sp³-hybridized carbons (Fsp3) is 0.128. The second-order valence-electron chi connectivity index (χ2n) is 14.7. The van der Waals surface area contributed by atoms with Crippen molar-refractivity contribution in [3.63, 3.8) is 0 Å². The van der Waals surface area contributed by atoms with E-state index in [1.807, 2.05) is 0 Å². The van der Waals surface area contributed by atoms with Gasteiger partial charge in [0.2, 0.25) is 27.6 Å². The Balaban J connectivity index is 0.00000842. The van der Waals surface area contributed by atoms with E-state index in [0.717, 1.165) is 30.3 Å². The van der Waals surface area contributed by atoms with Gasteiger partial charge in [0, 0.05) is 43.7 Å². The van der Waals surface area contributed by atoms with Crippen molar-refractivity contribution >= 4 is 179 Å². The minimum atomic E-state index is -5.41. The molecule has 5 aromatic carbocycles. The van der Waals surface area contributed by atoms with E-state index in [1.54, 1.807) is 0 Å². The molecular weight excluding hydrogens is 1700 g/mol. The van der Waals surface area contributed by atoms with Crippen LogP contribution in [0, 0.1) is 0 Å². The molecule has 0 aliphatic heterocycles.